The number of carbonyl (C=O) groups excluding carboxylic acids is 1. The van der Waals surface area contributed by atoms with Crippen molar-refractivity contribution in [2.24, 2.45) is 0 Å². The molecule has 2 heterocycles. The van der Waals surface area contributed by atoms with Crippen LogP contribution in [0.3, 0.4) is 0 Å². The molecule has 0 saturated carbocycles. The molecule has 4 rings (SSSR count). The summed E-state index contributed by atoms with van der Waals surface area (Å²) < 4.78 is 6.05. The lowest BCUT2D eigenvalue weighted by Crippen LogP contribution is -2.17. The Morgan fingerprint density at radius 1 is 1.18 bits per heavy atom. The van der Waals surface area contributed by atoms with Gasteiger partial charge in [0.1, 0.15) is 10.1 Å². The normalized spacial score (nSPS) is 15.3. The molecule has 1 aromatic heterocycles. The lowest BCUT2D eigenvalue weighted by molar-refractivity contribution is -0.115. The molecule has 28 heavy (non-hydrogen) atoms. The number of hydrogen-bond donors (Lipinski definition) is 1. The van der Waals surface area contributed by atoms with Crippen LogP contribution < -0.4 is 10.1 Å². The summed E-state index contributed by atoms with van der Waals surface area (Å²) >= 11 is 6.32. The highest BCUT2D eigenvalue weighted by Crippen LogP contribution is 2.34. The van der Waals surface area contributed by atoms with Crippen LogP contribution in [0.2, 0.25) is 0 Å². The number of para-hydroxylation sites is 2. The quantitative estimate of drug-likeness (QED) is 0.512. The first-order chi connectivity index (χ1) is 13.6. The number of carbonyl (C=O) groups is 1. The maximum Gasteiger partial charge on any atom is 0.263 e. The fourth-order valence-electron chi connectivity index (χ4n) is 3.07. The molecule has 7 heteroatoms. The Hall–Kier alpha value is -2.77. The number of rotatable bonds is 4. The number of benzene rings is 2. The lowest BCUT2D eigenvalue weighted by atomic mass is 10.0. The molecule has 0 spiro atoms. The highest BCUT2D eigenvalue weighted by molar-refractivity contribution is 8.26. The second kappa shape index (κ2) is 7.69. The van der Waals surface area contributed by atoms with Gasteiger partial charge in [-0.05, 0) is 42.3 Å². The number of hydrogen-bond acceptors (Lipinski definition) is 6. The van der Waals surface area contributed by atoms with Crippen LogP contribution in [0.15, 0.2) is 47.4 Å². The van der Waals surface area contributed by atoms with Crippen molar-refractivity contribution in [1.29, 1.82) is 0 Å². The Morgan fingerprint density at radius 3 is 2.57 bits per heavy atom. The summed E-state index contributed by atoms with van der Waals surface area (Å²) in [6, 6.07) is 13.6. The molecule has 1 fully saturated rings. The maximum atomic E-state index is 12.0. The summed E-state index contributed by atoms with van der Waals surface area (Å²) in [7, 11) is 1.63. The van der Waals surface area contributed by atoms with E-state index in [1.54, 1.807) is 7.11 Å². The number of thiocarbonyl (C=S) groups is 1. The van der Waals surface area contributed by atoms with Crippen LogP contribution in [0.5, 0.6) is 5.75 Å². The lowest BCUT2D eigenvalue weighted by Gasteiger charge is -2.13. The molecule has 0 atom stereocenters. The van der Waals surface area contributed by atoms with E-state index >= 15 is 0 Å². The summed E-state index contributed by atoms with van der Waals surface area (Å²) in [4.78, 5) is 22.2. The van der Waals surface area contributed by atoms with Crippen LogP contribution in [0.1, 0.15) is 18.2 Å². The van der Waals surface area contributed by atoms with E-state index in [0.29, 0.717) is 15.0 Å². The largest absolute Gasteiger partial charge is 0.496 e. The zero-order valence-corrected chi connectivity index (χ0v) is 17.0. The number of methoxy groups -OCH3 is 1. The summed E-state index contributed by atoms with van der Waals surface area (Å²) in [5.41, 5.74) is 5.10. The first kappa shape index (κ1) is 18.6. The first-order valence-electron chi connectivity index (χ1n) is 8.78. The van der Waals surface area contributed by atoms with Crippen LogP contribution in [0, 0.1) is 0 Å². The third-order valence-corrected chi connectivity index (χ3v) is 5.56. The number of fused-ring (bicyclic) bond motifs is 1. The predicted octanol–water partition coefficient (Wildman–Crippen LogP) is 4.36. The Morgan fingerprint density at radius 2 is 1.93 bits per heavy atom. The van der Waals surface area contributed by atoms with Gasteiger partial charge < -0.3 is 10.1 Å². The van der Waals surface area contributed by atoms with Crippen molar-refractivity contribution in [1.82, 2.24) is 15.3 Å². The Balaban J connectivity index is 1.87. The van der Waals surface area contributed by atoms with Gasteiger partial charge in [0.25, 0.3) is 5.91 Å². The van der Waals surface area contributed by atoms with E-state index in [1.807, 2.05) is 48.5 Å². The van der Waals surface area contributed by atoms with E-state index in [0.717, 1.165) is 40.0 Å². The second-order valence-electron chi connectivity index (χ2n) is 6.17. The number of aryl methyl sites for hydroxylation is 1. The minimum Gasteiger partial charge on any atom is -0.496 e. The zero-order chi connectivity index (χ0) is 19.7. The molecule has 2 aromatic carbocycles. The van der Waals surface area contributed by atoms with Gasteiger partial charge in [-0.25, -0.2) is 9.97 Å². The number of thioether (sulfide) groups is 1. The van der Waals surface area contributed by atoms with Crippen molar-refractivity contribution < 1.29 is 9.53 Å². The average Bonchev–Trinajstić information content (AvgIpc) is 3.03. The number of amides is 1. The van der Waals surface area contributed by atoms with Crippen molar-refractivity contribution in [2.45, 2.75) is 13.3 Å². The van der Waals surface area contributed by atoms with Gasteiger partial charge in [-0.15, -0.1) is 0 Å². The molecular formula is C21H17N3O2S2. The maximum absolute atomic E-state index is 12.0. The van der Waals surface area contributed by atoms with E-state index in [-0.39, 0.29) is 5.91 Å². The van der Waals surface area contributed by atoms with Gasteiger partial charge in [0.15, 0.2) is 0 Å². The Bertz CT molecular complexity index is 1140. The standard InChI is InChI=1S/C21H17N3O2S2/c1-3-14-19(23-16-7-5-4-6-15(16)22-14)13-10-12(8-9-17(13)26-2)11-18-20(25)24-21(27)28-18/h4-11H,3H2,1-2H3,(H,24,25,27)/b18-11-. The topological polar surface area (TPSA) is 64.1 Å². The van der Waals surface area contributed by atoms with Gasteiger partial charge in [0.05, 0.1) is 34.4 Å². The van der Waals surface area contributed by atoms with Crippen LogP contribution in [0.4, 0.5) is 0 Å². The molecule has 1 aliphatic rings. The number of nitrogens with zero attached hydrogens (tertiary/aromatic N) is 2. The highest BCUT2D eigenvalue weighted by atomic mass is 32.2. The molecule has 0 unspecified atom stereocenters. The number of ether oxygens (including phenoxy) is 1. The van der Waals surface area contributed by atoms with Crippen molar-refractivity contribution in [3.8, 4) is 17.0 Å². The van der Waals surface area contributed by atoms with Gasteiger partial charge >= 0.3 is 0 Å². The zero-order valence-electron chi connectivity index (χ0n) is 15.4. The first-order valence-corrected chi connectivity index (χ1v) is 10.0. The third kappa shape index (κ3) is 3.50. The predicted molar refractivity (Wildman–Crippen MR) is 117 cm³/mol. The highest BCUT2D eigenvalue weighted by Gasteiger charge is 2.22. The van der Waals surface area contributed by atoms with E-state index in [4.69, 9.17) is 26.9 Å². The smallest absolute Gasteiger partial charge is 0.263 e. The van der Waals surface area contributed by atoms with E-state index < -0.39 is 0 Å². The molecule has 0 aliphatic carbocycles. The van der Waals surface area contributed by atoms with Crippen molar-refractivity contribution >= 4 is 51.3 Å². The van der Waals surface area contributed by atoms with Crippen molar-refractivity contribution in [3.05, 3.63) is 58.6 Å². The summed E-state index contributed by atoms with van der Waals surface area (Å²) in [5, 5.41) is 2.63. The average molecular weight is 408 g/mol. The fraction of sp³-hybridized carbons (Fsp3) is 0.143. The molecule has 0 radical (unpaired) electrons. The molecule has 5 nitrogen and oxygen atoms in total. The Kier molecular flexibility index (Phi) is 5.11. The van der Waals surface area contributed by atoms with Gasteiger partial charge in [0.2, 0.25) is 0 Å². The van der Waals surface area contributed by atoms with Crippen LogP contribution in [-0.4, -0.2) is 27.3 Å². The summed E-state index contributed by atoms with van der Waals surface area (Å²) in [5.74, 6) is 0.535. The van der Waals surface area contributed by atoms with Gasteiger partial charge in [-0.3, -0.25) is 4.79 Å². The minimum atomic E-state index is -0.174. The monoisotopic (exact) mass is 407 g/mol. The van der Waals surface area contributed by atoms with Crippen LogP contribution in [-0.2, 0) is 11.2 Å². The second-order valence-corrected chi connectivity index (χ2v) is 7.89. The molecule has 1 saturated heterocycles. The molecule has 3 aromatic rings. The van der Waals surface area contributed by atoms with Gasteiger partial charge in [-0.1, -0.05) is 49.1 Å². The number of nitrogens with one attached hydrogen (secondary N) is 1. The molecular weight excluding hydrogens is 390 g/mol. The molecule has 0 bridgehead atoms. The van der Waals surface area contributed by atoms with Crippen molar-refractivity contribution in [3.63, 3.8) is 0 Å². The van der Waals surface area contributed by atoms with Crippen LogP contribution >= 0.6 is 24.0 Å². The summed E-state index contributed by atoms with van der Waals surface area (Å²) in [6.07, 6.45) is 2.57. The van der Waals surface area contributed by atoms with E-state index in [1.165, 1.54) is 11.8 Å². The third-order valence-electron chi connectivity index (χ3n) is 4.40. The van der Waals surface area contributed by atoms with Crippen LogP contribution in [0.25, 0.3) is 28.4 Å². The SMILES string of the molecule is CCc1nc2ccccc2nc1-c1cc(/C=C2\SC(=S)NC2=O)ccc1OC. The van der Waals surface area contributed by atoms with Gasteiger partial charge in [0, 0.05) is 5.56 Å². The molecule has 1 amide bonds. The fourth-order valence-corrected chi connectivity index (χ4v) is 4.12. The molecule has 1 aliphatic heterocycles. The molecule has 140 valence electrons. The van der Waals surface area contributed by atoms with Gasteiger partial charge in [-0.2, -0.15) is 0 Å². The van der Waals surface area contributed by atoms with E-state index in [9.17, 15) is 4.79 Å². The summed E-state index contributed by atoms with van der Waals surface area (Å²) in [6.45, 7) is 2.06. The molecule has 1 N–H and O–H groups in total. The Labute approximate surface area is 172 Å². The van der Waals surface area contributed by atoms with E-state index in [2.05, 4.69) is 12.2 Å². The van der Waals surface area contributed by atoms with Crippen molar-refractivity contribution in [2.75, 3.05) is 7.11 Å². The minimum absolute atomic E-state index is 0.174. The number of aromatic nitrogens is 2.